The van der Waals surface area contributed by atoms with Gasteiger partial charge < -0.3 is 9.67 Å². The Morgan fingerprint density at radius 3 is 2.06 bits per heavy atom. The van der Waals surface area contributed by atoms with Crippen LogP contribution >= 0.6 is 11.3 Å². The molecule has 0 amide bonds. The minimum atomic E-state index is -0.0466. The number of aliphatic imine (C=N–C) groups is 1. The van der Waals surface area contributed by atoms with Gasteiger partial charge in [-0.1, -0.05) is 118 Å². The first-order valence-electron chi connectivity index (χ1n) is 17.2. The summed E-state index contributed by atoms with van der Waals surface area (Å²) in [4.78, 5) is 10.3. The highest BCUT2D eigenvalue weighted by Crippen LogP contribution is 2.43. The predicted octanol–water partition coefficient (Wildman–Crippen LogP) is 12.6. The second kappa shape index (κ2) is 12.1. The molecule has 0 saturated heterocycles. The summed E-state index contributed by atoms with van der Waals surface area (Å²) in [6, 6.07) is 50.8. The number of aromatic nitrogens is 2. The molecular formula is C46H35N3OS. The van der Waals surface area contributed by atoms with Crippen molar-refractivity contribution in [1.82, 2.24) is 9.55 Å². The van der Waals surface area contributed by atoms with E-state index in [1.165, 1.54) is 32.6 Å². The molecule has 0 fully saturated rings. The Hall–Kier alpha value is -6.04. The number of aromatic hydroxyl groups is 1. The van der Waals surface area contributed by atoms with E-state index in [4.69, 9.17) is 9.98 Å². The van der Waals surface area contributed by atoms with Crippen LogP contribution in [0.2, 0.25) is 0 Å². The number of rotatable bonds is 5. The van der Waals surface area contributed by atoms with Crippen LogP contribution in [0.3, 0.4) is 0 Å². The second-order valence-electron chi connectivity index (χ2n) is 14.1. The Balaban J connectivity index is 1.26. The molecule has 0 unspecified atom stereocenters. The molecule has 9 aromatic rings. The fraction of sp³-hybridized carbons (Fsp3) is 0.0870. The number of phenols is 1. The van der Waals surface area contributed by atoms with Gasteiger partial charge in [0.05, 0.1) is 26.9 Å². The average molecular weight is 678 g/mol. The molecule has 0 aliphatic carbocycles. The van der Waals surface area contributed by atoms with Crippen LogP contribution in [0, 0.1) is 0 Å². The first-order valence-corrected chi connectivity index (χ1v) is 18.0. The summed E-state index contributed by atoms with van der Waals surface area (Å²) < 4.78 is 3.48. The van der Waals surface area contributed by atoms with Crippen LogP contribution in [-0.4, -0.2) is 20.9 Å². The Bertz CT molecular complexity index is 2760. The lowest BCUT2D eigenvalue weighted by atomic mass is 9.86. The number of benzene rings is 7. The number of nitrogens with zero attached hydrogens (tertiary/aromatic N) is 3. The van der Waals surface area contributed by atoms with Crippen molar-refractivity contribution in [3.05, 3.63) is 157 Å². The van der Waals surface area contributed by atoms with Crippen molar-refractivity contribution in [3.63, 3.8) is 0 Å². The van der Waals surface area contributed by atoms with Gasteiger partial charge in [-0.15, -0.1) is 11.3 Å². The molecular weight excluding hydrogens is 643 g/mol. The van der Waals surface area contributed by atoms with E-state index in [2.05, 4.69) is 135 Å². The highest BCUT2D eigenvalue weighted by Gasteiger charge is 2.20. The Morgan fingerprint density at radius 1 is 0.647 bits per heavy atom. The maximum atomic E-state index is 10.7. The summed E-state index contributed by atoms with van der Waals surface area (Å²) in [6.07, 6.45) is 1.76. The number of fused-ring (bicyclic) bond motifs is 5. The number of phenolic OH excluding ortho intramolecular Hbond substituents is 1. The number of hydrogen-bond donors (Lipinski definition) is 1. The number of para-hydroxylation sites is 3. The van der Waals surface area contributed by atoms with Crippen LogP contribution < -0.4 is 0 Å². The van der Waals surface area contributed by atoms with Gasteiger partial charge in [0.1, 0.15) is 10.8 Å². The Labute approximate surface area is 300 Å². The highest BCUT2D eigenvalue weighted by molar-refractivity contribution is 7.21. The van der Waals surface area contributed by atoms with Crippen LogP contribution in [0.4, 0.5) is 5.69 Å². The molecule has 2 heterocycles. The minimum Gasteiger partial charge on any atom is -0.507 e. The van der Waals surface area contributed by atoms with Gasteiger partial charge >= 0.3 is 0 Å². The van der Waals surface area contributed by atoms with Crippen LogP contribution in [-0.2, 0) is 5.41 Å². The molecule has 0 spiro atoms. The minimum absolute atomic E-state index is 0.0466. The Kier molecular flexibility index (Phi) is 7.34. The van der Waals surface area contributed by atoms with Crippen LogP contribution in [0.25, 0.3) is 70.2 Å². The van der Waals surface area contributed by atoms with Gasteiger partial charge in [-0.25, -0.2) is 4.98 Å². The maximum Gasteiger partial charge on any atom is 0.126 e. The van der Waals surface area contributed by atoms with Gasteiger partial charge in [0.2, 0.25) is 0 Å². The van der Waals surface area contributed by atoms with Crippen molar-refractivity contribution in [2.75, 3.05) is 0 Å². The molecule has 7 aromatic carbocycles. The van der Waals surface area contributed by atoms with Gasteiger partial charge in [0.25, 0.3) is 0 Å². The van der Waals surface area contributed by atoms with E-state index in [1.54, 1.807) is 23.6 Å². The quantitative estimate of drug-likeness (QED) is 0.184. The van der Waals surface area contributed by atoms with E-state index in [0.717, 1.165) is 48.9 Å². The number of hydrogen-bond acceptors (Lipinski definition) is 4. The molecule has 0 saturated carbocycles. The normalized spacial score (nSPS) is 12.2. The summed E-state index contributed by atoms with van der Waals surface area (Å²) >= 11 is 1.68. The summed E-state index contributed by atoms with van der Waals surface area (Å²) in [6.45, 7) is 6.51. The van der Waals surface area contributed by atoms with Gasteiger partial charge in [-0.3, -0.25) is 4.99 Å². The molecule has 1 N–H and O–H groups in total. The zero-order valence-electron chi connectivity index (χ0n) is 28.6. The van der Waals surface area contributed by atoms with Crippen LogP contribution in [0.15, 0.2) is 151 Å². The van der Waals surface area contributed by atoms with Crippen molar-refractivity contribution in [2.45, 2.75) is 26.2 Å². The second-order valence-corrected chi connectivity index (χ2v) is 15.1. The van der Waals surface area contributed by atoms with E-state index in [-0.39, 0.29) is 11.2 Å². The lowest BCUT2D eigenvalue weighted by Gasteiger charge is -2.19. The first kappa shape index (κ1) is 31.0. The molecule has 0 atom stereocenters. The predicted molar refractivity (Wildman–Crippen MR) is 216 cm³/mol. The molecule has 0 radical (unpaired) electrons. The summed E-state index contributed by atoms with van der Waals surface area (Å²) in [5, 5.41) is 16.5. The molecule has 9 rings (SSSR count). The third-order valence-electron chi connectivity index (χ3n) is 9.77. The number of thiazole rings is 1. The molecule has 0 aliphatic rings. The van der Waals surface area contributed by atoms with E-state index >= 15 is 0 Å². The zero-order valence-corrected chi connectivity index (χ0v) is 29.4. The van der Waals surface area contributed by atoms with Crippen molar-refractivity contribution in [3.8, 4) is 33.1 Å². The van der Waals surface area contributed by atoms with E-state index in [9.17, 15) is 5.11 Å². The highest BCUT2D eigenvalue weighted by atomic mass is 32.1. The summed E-state index contributed by atoms with van der Waals surface area (Å²) in [7, 11) is 0. The van der Waals surface area contributed by atoms with Gasteiger partial charge in [0.15, 0.2) is 0 Å². The van der Waals surface area contributed by atoms with Crippen molar-refractivity contribution >= 4 is 66.0 Å². The fourth-order valence-electron chi connectivity index (χ4n) is 7.16. The third-order valence-corrected chi connectivity index (χ3v) is 10.8. The van der Waals surface area contributed by atoms with Crippen LogP contribution in [0.5, 0.6) is 5.75 Å². The lowest BCUT2D eigenvalue weighted by Crippen LogP contribution is -2.11. The molecule has 5 heteroatoms. The van der Waals surface area contributed by atoms with Gasteiger partial charge in [0, 0.05) is 39.4 Å². The van der Waals surface area contributed by atoms with E-state index < -0.39 is 0 Å². The van der Waals surface area contributed by atoms with Gasteiger partial charge in [-0.05, 0) is 75.8 Å². The molecule has 0 aliphatic heterocycles. The third kappa shape index (κ3) is 5.38. The maximum absolute atomic E-state index is 10.7. The van der Waals surface area contributed by atoms with E-state index in [1.807, 2.05) is 30.3 Å². The smallest absolute Gasteiger partial charge is 0.126 e. The van der Waals surface area contributed by atoms with Crippen molar-refractivity contribution in [1.29, 1.82) is 0 Å². The fourth-order valence-corrected chi connectivity index (χ4v) is 8.22. The lowest BCUT2D eigenvalue weighted by molar-refractivity contribution is 0.473. The topological polar surface area (TPSA) is 50.4 Å². The molecule has 51 heavy (non-hydrogen) atoms. The first-order chi connectivity index (χ1) is 24.8. The zero-order chi connectivity index (χ0) is 34.7. The van der Waals surface area contributed by atoms with E-state index in [0.29, 0.717) is 5.56 Å². The van der Waals surface area contributed by atoms with Crippen molar-refractivity contribution < 1.29 is 5.11 Å². The van der Waals surface area contributed by atoms with Crippen molar-refractivity contribution in [2.24, 2.45) is 4.99 Å². The summed E-state index contributed by atoms with van der Waals surface area (Å²) in [5.41, 5.74) is 10.2. The van der Waals surface area contributed by atoms with Gasteiger partial charge in [-0.2, -0.15) is 0 Å². The monoisotopic (exact) mass is 677 g/mol. The largest absolute Gasteiger partial charge is 0.507 e. The molecule has 4 nitrogen and oxygen atoms in total. The SMILES string of the molecule is CC(C)(C)c1ccc(O)c(C=Nc2ccccc2-c2nc3c(-c4cccc5ccccc45)cc(-n4c5ccccc5c5ccccc54)cc3s2)c1. The average Bonchev–Trinajstić information content (AvgIpc) is 3.73. The molecule has 2 aromatic heterocycles. The molecule has 0 bridgehead atoms. The standard InChI is InChI=1S/C46H35N3OS/c1-46(2,3)31-23-24-42(50)30(25-31)28-47-39-20-9-6-18-37(39)45-48-44-38(34-19-12-14-29-13-4-5-15-33(29)34)26-32(27-43(44)51-45)49-40-21-10-7-16-35(40)36-17-8-11-22-41(36)49/h4-28,50H,1-3H3. The van der Waals surface area contributed by atoms with Crippen LogP contribution in [0.1, 0.15) is 31.9 Å². The Morgan fingerprint density at radius 2 is 1.29 bits per heavy atom. The molecule has 246 valence electrons. The summed E-state index contributed by atoms with van der Waals surface area (Å²) in [5.74, 6) is 0.210.